The Hall–Kier alpha value is -2.19. The van der Waals surface area contributed by atoms with Crippen molar-refractivity contribution < 1.29 is 23.1 Å². The topological polar surface area (TPSA) is 113 Å². The van der Waals surface area contributed by atoms with Crippen molar-refractivity contribution in [2.24, 2.45) is 0 Å². The summed E-state index contributed by atoms with van der Waals surface area (Å²) in [6.07, 6.45) is 2.21. The average molecular weight is 354 g/mol. The van der Waals surface area contributed by atoms with Crippen LogP contribution in [0.2, 0.25) is 0 Å². The third-order valence-electron chi connectivity index (χ3n) is 3.36. The molecule has 0 saturated heterocycles. The number of benzene rings is 1. The van der Waals surface area contributed by atoms with Gasteiger partial charge in [0.15, 0.2) is 0 Å². The number of amides is 1. The highest BCUT2D eigenvalue weighted by Gasteiger charge is 2.22. The van der Waals surface area contributed by atoms with Gasteiger partial charge in [0.1, 0.15) is 6.04 Å². The highest BCUT2D eigenvalue weighted by atomic mass is 32.2. The molecule has 0 heterocycles. The number of hydrogen-bond acceptors (Lipinski definition) is 4. The summed E-state index contributed by atoms with van der Waals surface area (Å²) in [4.78, 5) is 23.5. The molecule has 0 saturated carbocycles. The van der Waals surface area contributed by atoms with E-state index in [1.165, 1.54) is 18.2 Å². The highest BCUT2D eigenvalue weighted by molar-refractivity contribution is 7.89. The standard InChI is InChI=1S/C16H22N2O5S/c1-4-6-7-14(16(20)21)18-15(19)13-10-12(9-8-11(13)3)24(22,23)17-5-2/h4,8-10,14,17H,1,5-7H2,2-3H3,(H,18,19)(H,20,21). The van der Waals surface area contributed by atoms with E-state index >= 15 is 0 Å². The lowest BCUT2D eigenvalue weighted by Crippen LogP contribution is -2.41. The van der Waals surface area contributed by atoms with Gasteiger partial charge in [0.05, 0.1) is 4.90 Å². The Bertz CT molecular complexity index is 728. The van der Waals surface area contributed by atoms with Crippen molar-refractivity contribution in [3.63, 3.8) is 0 Å². The van der Waals surface area contributed by atoms with E-state index in [0.717, 1.165) is 0 Å². The number of hydrogen-bond donors (Lipinski definition) is 3. The molecule has 0 bridgehead atoms. The monoisotopic (exact) mass is 354 g/mol. The van der Waals surface area contributed by atoms with Gasteiger partial charge in [-0.2, -0.15) is 0 Å². The van der Waals surface area contributed by atoms with Gasteiger partial charge in [-0.15, -0.1) is 6.58 Å². The summed E-state index contributed by atoms with van der Waals surface area (Å²) in [5, 5.41) is 11.6. The number of carbonyl (C=O) groups excluding carboxylic acids is 1. The Kier molecular flexibility index (Phi) is 7.12. The summed E-state index contributed by atoms with van der Waals surface area (Å²) in [6, 6.07) is 3.09. The number of sulfonamides is 1. The first kappa shape index (κ1) is 19.9. The number of carbonyl (C=O) groups is 2. The number of aryl methyl sites for hydroxylation is 1. The second kappa shape index (κ2) is 8.60. The van der Waals surface area contributed by atoms with E-state index in [2.05, 4.69) is 16.6 Å². The van der Waals surface area contributed by atoms with Crippen LogP contribution in [0.15, 0.2) is 35.7 Å². The van der Waals surface area contributed by atoms with Crippen molar-refractivity contribution in [1.29, 1.82) is 0 Å². The van der Waals surface area contributed by atoms with Crippen LogP contribution < -0.4 is 10.0 Å². The molecule has 0 radical (unpaired) electrons. The summed E-state index contributed by atoms with van der Waals surface area (Å²) in [6.45, 7) is 7.04. The van der Waals surface area contributed by atoms with Gasteiger partial charge in [-0.05, 0) is 37.5 Å². The fourth-order valence-corrected chi connectivity index (χ4v) is 3.13. The molecule has 1 amide bonds. The van der Waals surface area contributed by atoms with E-state index < -0.39 is 27.9 Å². The van der Waals surface area contributed by atoms with Crippen LogP contribution in [-0.2, 0) is 14.8 Å². The Morgan fingerprint density at radius 2 is 2.04 bits per heavy atom. The number of allylic oxidation sites excluding steroid dienone is 1. The predicted molar refractivity (Wildman–Crippen MR) is 90.4 cm³/mol. The van der Waals surface area contributed by atoms with E-state index in [-0.39, 0.29) is 23.4 Å². The minimum Gasteiger partial charge on any atom is -0.480 e. The third kappa shape index (κ3) is 5.17. The highest BCUT2D eigenvalue weighted by Crippen LogP contribution is 2.16. The second-order valence-corrected chi connectivity index (χ2v) is 6.98. The minimum atomic E-state index is -3.70. The molecule has 0 aromatic heterocycles. The number of rotatable bonds is 9. The van der Waals surface area contributed by atoms with Crippen molar-refractivity contribution in [3.05, 3.63) is 42.0 Å². The summed E-state index contributed by atoms with van der Waals surface area (Å²) < 4.78 is 26.4. The fourth-order valence-electron chi connectivity index (χ4n) is 2.06. The summed E-state index contributed by atoms with van der Waals surface area (Å²) >= 11 is 0. The zero-order valence-electron chi connectivity index (χ0n) is 13.7. The predicted octanol–water partition coefficient (Wildman–Crippen LogP) is 1.44. The average Bonchev–Trinajstić information content (AvgIpc) is 2.51. The van der Waals surface area contributed by atoms with Crippen LogP contribution in [0.1, 0.15) is 35.7 Å². The molecule has 1 unspecified atom stereocenters. The lowest BCUT2D eigenvalue weighted by molar-refractivity contribution is -0.139. The zero-order chi connectivity index (χ0) is 18.3. The Balaban J connectivity index is 3.09. The van der Waals surface area contributed by atoms with Crippen LogP contribution in [0.25, 0.3) is 0 Å². The van der Waals surface area contributed by atoms with Gasteiger partial charge >= 0.3 is 5.97 Å². The largest absolute Gasteiger partial charge is 0.480 e. The molecule has 132 valence electrons. The molecule has 7 nitrogen and oxygen atoms in total. The smallest absolute Gasteiger partial charge is 0.326 e. The number of nitrogens with one attached hydrogen (secondary N) is 2. The Morgan fingerprint density at radius 1 is 1.38 bits per heavy atom. The van der Waals surface area contributed by atoms with Crippen molar-refractivity contribution in [2.45, 2.75) is 37.6 Å². The maximum atomic E-state index is 12.4. The Labute approximate surface area is 141 Å². The molecule has 0 spiro atoms. The lowest BCUT2D eigenvalue weighted by atomic mass is 10.1. The van der Waals surface area contributed by atoms with Crippen molar-refractivity contribution >= 4 is 21.9 Å². The van der Waals surface area contributed by atoms with Crippen molar-refractivity contribution in [1.82, 2.24) is 10.0 Å². The van der Waals surface area contributed by atoms with Gasteiger partial charge in [-0.3, -0.25) is 4.79 Å². The third-order valence-corrected chi connectivity index (χ3v) is 4.90. The van der Waals surface area contributed by atoms with Gasteiger partial charge in [0, 0.05) is 12.1 Å². The van der Waals surface area contributed by atoms with Crippen LogP contribution in [0.3, 0.4) is 0 Å². The number of aliphatic carboxylic acids is 1. The molecule has 0 aliphatic carbocycles. The maximum Gasteiger partial charge on any atom is 0.326 e. The first-order valence-corrected chi connectivity index (χ1v) is 8.96. The van der Waals surface area contributed by atoms with Crippen molar-refractivity contribution in [3.8, 4) is 0 Å². The SMILES string of the molecule is C=CCCC(NC(=O)c1cc(S(=O)(=O)NCC)ccc1C)C(=O)O. The van der Waals surface area contributed by atoms with Crippen LogP contribution >= 0.6 is 0 Å². The molecule has 3 N–H and O–H groups in total. The molecule has 24 heavy (non-hydrogen) atoms. The van der Waals surface area contributed by atoms with E-state index in [1.54, 1.807) is 19.9 Å². The molecule has 0 aliphatic rings. The fraction of sp³-hybridized carbons (Fsp3) is 0.375. The number of carboxylic acids is 1. The molecule has 1 atom stereocenters. The first-order chi connectivity index (χ1) is 11.2. The van der Waals surface area contributed by atoms with E-state index in [9.17, 15) is 18.0 Å². The first-order valence-electron chi connectivity index (χ1n) is 7.47. The lowest BCUT2D eigenvalue weighted by Gasteiger charge is -2.15. The van der Waals surface area contributed by atoms with E-state index in [4.69, 9.17) is 5.11 Å². The summed E-state index contributed by atoms with van der Waals surface area (Å²) in [5.74, 6) is -1.78. The van der Waals surface area contributed by atoms with Gasteiger partial charge in [0.25, 0.3) is 5.91 Å². The van der Waals surface area contributed by atoms with E-state index in [1.807, 2.05) is 0 Å². The van der Waals surface area contributed by atoms with Crippen LogP contribution in [0, 0.1) is 6.92 Å². The van der Waals surface area contributed by atoms with Gasteiger partial charge < -0.3 is 10.4 Å². The quantitative estimate of drug-likeness (QED) is 0.581. The minimum absolute atomic E-state index is 0.0435. The summed E-state index contributed by atoms with van der Waals surface area (Å²) in [7, 11) is -3.70. The molecule has 8 heteroatoms. The summed E-state index contributed by atoms with van der Waals surface area (Å²) in [5.41, 5.74) is 0.676. The molecule has 0 fully saturated rings. The van der Waals surface area contributed by atoms with E-state index in [0.29, 0.717) is 12.0 Å². The van der Waals surface area contributed by atoms with Crippen LogP contribution in [0.4, 0.5) is 0 Å². The maximum absolute atomic E-state index is 12.4. The van der Waals surface area contributed by atoms with Gasteiger partial charge in [0.2, 0.25) is 10.0 Å². The van der Waals surface area contributed by atoms with Crippen molar-refractivity contribution in [2.75, 3.05) is 6.54 Å². The molecule has 1 rings (SSSR count). The normalized spacial score (nSPS) is 12.4. The molecule has 1 aromatic carbocycles. The van der Waals surface area contributed by atoms with Gasteiger partial charge in [-0.25, -0.2) is 17.9 Å². The zero-order valence-corrected chi connectivity index (χ0v) is 14.5. The molecular formula is C16H22N2O5S. The van der Waals surface area contributed by atoms with Gasteiger partial charge in [-0.1, -0.05) is 19.1 Å². The number of carboxylic acid groups (broad SMARTS) is 1. The Morgan fingerprint density at radius 3 is 2.58 bits per heavy atom. The molecule has 1 aromatic rings. The van der Waals surface area contributed by atoms with Crippen LogP contribution in [0.5, 0.6) is 0 Å². The van der Waals surface area contributed by atoms with Crippen LogP contribution in [-0.4, -0.2) is 38.0 Å². The molecular weight excluding hydrogens is 332 g/mol. The molecule has 0 aliphatic heterocycles. The second-order valence-electron chi connectivity index (χ2n) is 5.21.